The molecule has 0 unspecified atom stereocenters. The van der Waals surface area contributed by atoms with Gasteiger partial charge in [-0.15, -0.1) is 0 Å². The van der Waals surface area contributed by atoms with E-state index in [0.717, 1.165) is 11.1 Å². The van der Waals surface area contributed by atoms with E-state index in [1.54, 1.807) is 0 Å². The summed E-state index contributed by atoms with van der Waals surface area (Å²) in [6.45, 7) is 2.60. The maximum absolute atomic E-state index is 9.90. The van der Waals surface area contributed by atoms with Crippen molar-refractivity contribution in [2.45, 2.75) is 51.7 Å². The van der Waals surface area contributed by atoms with Crippen molar-refractivity contribution >= 4 is 17.9 Å². The Labute approximate surface area is 152 Å². The van der Waals surface area contributed by atoms with Crippen LogP contribution in [0.5, 0.6) is 0 Å². The Balaban J connectivity index is 0. The van der Waals surface area contributed by atoms with Gasteiger partial charge < -0.3 is 32.5 Å². The molecule has 9 N–H and O–H groups in total. The van der Waals surface area contributed by atoms with Crippen LogP contribution in [0, 0.1) is 0 Å². The van der Waals surface area contributed by atoms with Crippen molar-refractivity contribution in [3.05, 3.63) is 35.4 Å². The van der Waals surface area contributed by atoms with E-state index in [9.17, 15) is 14.4 Å². The molecule has 0 bridgehead atoms. The van der Waals surface area contributed by atoms with Gasteiger partial charge in [-0.05, 0) is 30.9 Å². The van der Waals surface area contributed by atoms with Gasteiger partial charge in [0.15, 0.2) is 0 Å². The van der Waals surface area contributed by atoms with Gasteiger partial charge in [0.25, 0.3) is 0 Å². The number of carboxylic acids is 3. The molecule has 148 valence electrons. The molecule has 0 heterocycles. The number of aliphatic carboxylic acids is 3. The molecule has 0 saturated carbocycles. The van der Waals surface area contributed by atoms with Gasteiger partial charge in [-0.25, -0.2) is 0 Å². The van der Waals surface area contributed by atoms with Gasteiger partial charge in [0.2, 0.25) is 0 Å². The highest BCUT2D eigenvalue weighted by atomic mass is 16.4. The summed E-state index contributed by atoms with van der Waals surface area (Å²) in [5.41, 5.74) is 18.0. The predicted octanol–water partition coefficient (Wildman–Crippen LogP) is 0.738. The van der Waals surface area contributed by atoms with E-state index in [2.05, 4.69) is 0 Å². The molecule has 0 aliphatic heterocycles. The smallest absolute Gasteiger partial charge is 0.320 e. The molecule has 0 aromatic heterocycles. The van der Waals surface area contributed by atoms with Crippen LogP contribution >= 0.6 is 0 Å². The van der Waals surface area contributed by atoms with E-state index in [1.807, 2.05) is 24.3 Å². The Morgan fingerprint density at radius 1 is 0.923 bits per heavy atom. The lowest BCUT2D eigenvalue weighted by atomic mass is 10.1. The maximum atomic E-state index is 9.90. The van der Waals surface area contributed by atoms with Crippen LogP contribution in [-0.4, -0.2) is 39.3 Å². The summed E-state index contributed by atoms with van der Waals surface area (Å²) in [6.07, 6.45) is 1.02. The van der Waals surface area contributed by atoms with E-state index in [0.29, 0.717) is 25.9 Å². The molecule has 1 atom stereocenters. The van der Waals surface area contributed by atoms with Crippen molar-refractivity contribution in [1.29, 1.82) is 0 Å². The molecular formula is C17H29N3O6. The number of unbranched alkanes of at least 4 members (excludes halogenated alkanes) is 1. The average molecular weight is 371 g/mol. The summed E-state index contributed by atoms with van der Waals surface area (Å²) in [5.74, 6) is -2.70. The number of hydrogen-bond donors (Lipinski definition) is 6. The fourth-order valence-corrected chi connectivity index (χ4v) is 1.44. The van der Waals surface area contributed by atoms with Crippen LogP contribution in [0.4, 0.5) is 0 Å². The van der Waals surface area contributed by atoms with Crippen LogP contribution in [0.1, 0.15) is 43.7 Å². The lowest BCUT2D eigenvalue weighted by Gasteiger charge is -1.98. The molecule has 9 heteroatoms. The van der Waals surface area contributed by atoms with Gasteiger partial charge in [-0.1, -0.05) is 24.3 Å². The van der Waals surface area contributed by atoms with Crippen molar-refractivity contribution in [3.8, 4) is 0 Å². The van der Waals surface area contributed by atoms with Crippen LogP contribution in [-0.2, 0) is 27.5 Å². The lowest BCUT2D eigenvalue weighted by Crippen LogP contribution is -2.25. The highest BCUT2D eigenvalue weighted by Crippen LogP contribution is 2.02. The third kappa shape index (κ3) is 17.9. The lowest BCUT2D eigenvalue weighted by molar-refractivity contribution is -0.139. The highest BCUT2D eigenvalue weighted by molar-refractivity contribution is 5.72. The van der Waals surface area contributed by atoms with Crippen molar-refractivity contribution in [2.24, 2.45) is 17.2 Å². The van der Waals surface area contributed by atoms with Gasteiger partial charge in [0, 0.05) is 25.9 Å². The Kier molecular flexibility index (Phi) is 15.8. The summed E-state index contributed by atoms with van der Waals surface area (Å²) in [6, 6.07) is 7.27. The van der Waals surface area contributed by atoms with Crippen molar-refractivity contribution in [1.82, 2.24) is 0 Å². The molecule has 0 radical (unpaired) electrons. The van der Waals surface area contributed by atoms with E-state index in [-0.39, 0.29) is 12.8 Å². The fraction of sp³-hybridized carbons (Fsp3) is 0.471. The quantitative estimate of drug-likeness (QED) is 0.358. The molecule has 1 rings (SSSR count). The van der Waals surface area contributed by atoms with Crippen LogP contribution < -0.4 is 17.2 Å². The van der Waals surface area contributed by atoms with E-state index in [4.69, 9.17) is 32.5 Å². The monoisotopic (exact) mass is 371 g/mol. The first-order chi connectivity index (χ1) is 12.1. The zero-order valence-electron chi connectivity index (χ0n) is 14.9. The number of nitrogens with two attached hydrogens (primary N) is 3. The molecule has 0 saturated heterocycles. The van der Waals surface area contributed by atoms with E-state index >= 15 is 0 Å². The molecule has 1 aromatic carbocycles. The summed E-state index contributed by atoms with van der Waals surface area (Å²) < 4.78 is 0. The van der Waals surface area contributed by atoms with Crippen molar-refractivity contribution in [3.63, 3.8) is 0 Å². The Bertz CT molecular complexity index is 514. The first-order valence-electron chi connectivity index (χ1n) is 8.03. The maximum Gasteiger partial charge on any atom is 0.320 e. The number of benzene rings is 1. The van der Waals surface area contributed by atoms with Crippen molar-refractivity contribution in [2.75, 3.05) is 0 Å². The van der Waals surface area contributed by atoms with Crippen LogP contribution in [0.2, 0.25) is 0 Å². The first kappa shape index (κ1) is 25.7. The molecule has 26 heavy (non-hydrogen) atoms. The van der Waals surface area contributed by atoms with E-state index in [1.165, 1.54) is 6.92 Å². The molecule has 0 spiro atoms. The molecular weight excluding hydrogens is 342 g/mol. The third-order valence-corrected chi connectivity index (χ3v) is 2.88. The van der Waals surface area contributed by atoms with Crippen LogP contribution in [0.15, 0.2) is 24.3 Å². The minimum absolute atomic E-state index is 0.0628. The largest absolute Gasteiger partial charge is 0.481 e. The van der Waals surface area contributed by atoms with Crippen LogP contribution in [0.3, 0.4) is 0 Å². The van der Waals surface area contributed by atoms with Crippen molar-refractivity contribution < 1.29 is 29.7 Å². The first-order valence-corrected chi connectivity index (χ1v) is 8.03. The van der Waals surface area contributed by atoms with Crippen LogP contribution in [0.25, 0.3) is 0 Å². The number of rotatable bonds is 8. The standard InChI is InChI=1S/C8H12N2.C6H10O4.C3H7NO2/c9-5-7-2-1-3-8(4-7)6-10;7-5(8)3-1-2-4-6(9)10;1-2(4)3(5)6/h1-4H,5-6,9-10H2;1-4H2,(H,7,8)(H,9,10);2H,4H2,1H3,(H,5,6)/t;;2-/m..0/s1. The Morgan fingerprint density at radius 2 is 1.27 bits per heavy atom. The van der Waals surface area contributed by atoms with Gasteiger partial charge in [-0.3, -0.25) is 14.4 Å². The molecule has 9 nitrogen and oxygen atoms in total. The molecule has 0 fully saturated rings. The SMILES string of the molecule is C[C@H](N)C(=O)O.NCc1cccc(CN)c1.O=C(O)CCCCC(=O)O. The molecule has 0 aliphatic carbocycles. The fourth-order valence-electron chi connectivity index (χ4n) is 1.44. The average Bonchev–Trinajstić information content (AvgIpc) is 2.59. The molecule has 0 amide bonds. The topological polar surface area (TPSA) is 190 Å². The molecule has 0 aliphatic rings. The number of carboxylic acid groups (broad SMARTS) is 3. The third-order valence-electron chi connectivity index (χ3n) is 2.88. The second kappa shape index (κ2) is 16.0. The minimum atomic E-state index is -0.963. The van der Waals surface area contributed by atoms with E-state index < -0.39 is 23.9 Å². The second-order valence-electron chi connectivity index (χ2n) is 5.35. The summed E-state index contributed by atoms with van der Waals surface area (Å²) in [4.78, 5) is 29.4. The molecule has 1 aromatic rings. The predicted molar refractivity (Wildman–Crippen MR) is 97.2 cm³/mol. The normalized spacial score (nSPS) is 10.5. The Morgan fingerprint density at radius 3 is 1.50 bits per heavy atom. The summed E-state index contributed by atoms with van der Waals surface area (Å²) in [7, 11) is 0. The minimum Gasteiger partial charge on any atom is -0.481 e. The zero-order valence-corrected chi connectivity index (χ0v) is 14.9. The van der Waals surface area contributed by atoms with Gasteiger partial charge in [0.1, 0.15) is 6.04 Å². The van der Waals surface area contributed by atoms with Gasteiger partial charge in [0.05, 0.1) is 0 Å². The summed E-state index contributed by atoms with van der Waals surface area (Å²) in [5, 5.41) is 24.1. The number of hydrogen-bond acceptors (Lipinski definition) is 6. The zero-order chi connectivity index (χ0) is 20.5. The van der Waals surface area contributed by atoms with Gasteiger partial charge in [-0.2, -0.15) is 0 Å². The second-order valence-corrected chi connectivity index (χ2v) is 5.35. The van der Waals surface area contributed by atoms with Gasteiger partial charge >= 0.3 is 17.9 Å². The number of carbonyl (C=O) groups is 3. The highest BCUT2D eigenvalue weighted by Gasteiger charge is 2.00. The Hall–Kier alpha value is -2.49. The summed E-state index contributed by atoms with van der Waals surface area (Å²) >= 11 is 0.